The van der Waals surface area contributed by atoms with Crippen LogP contribution in [0.4, 0.5) is 5.69 Å². The molecule has 0 aliphatic rings. The SMILES string of the molecule is Cc1ccc(NC(=O)COc2ccc3ccccc3c2CNC(C)c2ccccc2)cc1. The summed E-state index contributed by atoms with van der Waals surface area (Å²) in [5.41, 5.74) is 4.19. The van der Waals surface area contributed by atoms with Crippen LogP contribution in [0.1, 0.15) is 29.7 Å². The average molecular weight is 425 g/mol. The van der Waals surface area contributed by atoms with Gasteiger partial charge in [0.05, 0.1) is 0 Å². The van der Waals surface area contributed by atoms with Crippen molar-refractivity contribution in [2.45, 2.75) is 26.4 Å². The third kappa shape index (κ3) is 5.34. The molecule has 2 N–H and O–H groups in total. The van der Waals surface area contributed by atoms with Gasteiger partial charge < -0.3 is 15.4 Å². The summed E-state index contributed by atoms with van der Waals surface area (Å²) in [6.45, 7) is 4.75. The number of ether oxygens (including phenoxy) is 1. The van der Waals surface area contributed by atoms with E-state index in [0.717, 1.165) is 33.3 Å². The van der Waals surface area contributed by atoms with Gasteiger partial charge in [-0.1, -0.05) is 78.4 Å². The molecule has 1 amide bonds. The van der Waals surface area contributed by atoms with E-state index in [2.05, 4.69) is 41.8 Å². The number of hydrogen-bond donors (Lipinski definition) is 2. The van der Waals surface area contributed by atoms with Crippen LogP contribution in [0.25, 0.3) is 10.8 Å². The second-order valence-electron chi connectivity index (χ2n) is 7.98. The Morgan fingerprint density at radius 1 is 0.875 bits per heavy atom. The van der Waals surface area contributed by atoms with E-state index in [1.54, 1.807) is 0 Å². The molecule has 32 heavy (non-hydrogen) atoms. The topological polar surface area (TPSA) is 50.4 Å². The zero-order chi connectivity index (χ0) is 22.3. The summed E-state index contributed by atoms with van der Waals surface area (Å²) in [6, 6.07) is 30.5. The normalized spacial score (nSPS) is 11.8. The highest BCUT2D eigenvalue weighted by atomic mass is 16.5. The fourth-order valence-electron chi connectivity index (χ4n) is 3.73. The second kappa shape index (κ2) is 10.1. The molecule has 4 aromatic rings. The van der Waals surface area contributed by atoms with Crippen LogP contribution in [0, 0.1) is 6.92 Å². The summed E-state index contributed by atoms with van der Waals surface area (Å²) in [4.78, 5) is 12.4. The van der Waals surface area contributed by atoms with Gasteiger partial charge in [0.1, 0.15) is 5.75 Å². The van der Waals surface area contributed by atoms with E-state index < -0.39 is 0 Å². The highest BCUT2D eigenvalue weighted by Crippen LogP contribution is 2.29. The average Bonchev–Trinajstić information content (AvgIpc) is 2.83. The summed E-state index contributed by atoms with van der Waals surface area (Å²) in [5.74, 6) is 0.536. The molecule has 0 spiro atoms. The predicted molar refractivity (Wildman–Crippen MR) is 131 cm³/mol. The Labute approximate surface area is 189 Å². The third-order valence-corrected chi connectivity index (χ3v) is 5.58. The maximum Gasteiger partial charge on any atom is 0.262 e. The maximum absolute atomic E-state index is 12.4. The summed E-state index contributed by atoms with van der Waals surface area (Å²) < 4.78 is 5.99. The molecular weight excluding hydrogens is 396 g/mol. The first-order chi connectivity index (χ1) is 15.6. The maximum atomic E-state index is 12.4. The number of benzene rings is 4. The first-order valence-corrected chi connectivity index (χ1v) is 10.9. The van der Waals surface area contributed by atoms with Crippen LogP contribution in [0.3, 0.4) is 0 Å². The van der Waals surface area contributed by atoms with E-state index >= 15 is 0 Å². The molecule has 4 rings (SSSR count). The number of aryl methyl sites for hydroxylation is 1. The van der Waals surface area contributed by atoms with Gasteiger partial charge in [-0.25, -0.2) is 0 Å². The largest absolute Gasteiger partial charge is 0.483 e. The molecule has 0 fully saturated rings. The van der Waals surface area contributed by atoms with Gasteiger partial charge >= 0.3 is 0 Å². The van der Waals surface area contributed by atoms with E-state index in [-0.39, 0.29) is 18.6 Å². The number of fused-ring (bicyclic) bond motifs is 1. The van der Waals surface area contributed by atoms with Crippen molar-refractivity contribution in [2.75, 3.05) is 11.9 Å². The van der Waals surface area contributed by atoms with E-state index in [9.17, 15) is 4.79 Å². The standard InChI is InChI=1S/C28H28N2O2/c1-20-12-15-24(16-13-20)30-28(31)19-32-27-17-14-23-10-6-7-11-25(23)26(27)18-29-21(2)22-8-4-3-5-9-22/h3-17,21,29H,18-19H2,1-2H3,(H,30,31). The van der Waals surface area contributed by atoms with Gasteiger partial charge in [0.15, 0.2) is 6.61 Å². The molecule has 0 radical (unpaired) electrons. The Hall–Kier alpha value is -3.63. The molecule has 0 aromatic heterocycles. The molecule has 4 heteroatoms. The van der Waals surface area contributed by atoms with E-state index in [1.807, 2.05) is 73.7 Å². The highest BCUT2D eigenvalue weighted by Gasteiger charge is 2.13. The van der Waals surface area contributed by atoms with Gasteiger partial charge in [0, 0.05) is 23.8 Å². The van der Waals surface area contributed by atoms with Crippen molar-refractivity contribution in [1.29, 1.82) is 0 Å². The molecular formula is C28H28N2O2. The van der Waals surface area contributed by atoms with Crippen LogP contribution < -0.4 is 15.4 Å². The number of anilines is 1. The zero-order valence-corrected chi connectivity index (χ0v) is 18.5. The fourth-order valence-corrected chi connectivity index (χ4v) is 3.73. The molecule has 162 valence electrons. The van der Waals surface area contributed by atoms with Crippen LogP contribution in [0.5, 0.6) is 5.75 Å². The minimum Gasteiger partial charge on any atom is -0.483 e. The first-order valence-electron chi connectivity index (χ1n) is 10.9. The summed E-state index contributed by atoms with van der Waals surface area (Å²) >= 11 is 0. The monoisotopic (exact) mass is 424 g/mol. The van der Waals surface area contributed by atoms with Gasteiger partial charge in [-0.05, 0) is 48.4 Å². The van der Waals surface area contributed by atoms with E-state index in [0.29, 0.717) is 6.54 Å². The number of carbonyl (C=O) groups excluding carboxylic acids is 1. The lowest BCUT2D eigenvalue weighted by Gasteiger charge is -2.18. The summed E-state index contributed by atoms with van der Waals surface area (Å²) in [6.07, 6.45) is 0. The minimum absolute atomic E-state index is 0.0482. The van der Waals surface area contributed by atoms with Crippen LogP contribution >= 0.6 is 0 Å². The Kier molecular flexibility index (Phi) is 6.83. The van der Waals surface area contributed by atoms with Crippen molar-refractivity contribution >= 4 is 22.4 Å². The van der Waals surface area contributed by atoms with Crippen molar-refractivity contribution in [3.05, 3.63) is 108 Å². The molecule has 0 saturated heterocycles. The lowest BCUT2D eigenvalue weighted by Crippen LogP contribution is -2.22. The van der Waals surface area contributed by atoms with Gasteiger partial charge in [-0.3, -0.25) is 4.79 Å². The quantitative estimate of drug-likeness (QED) is 0.364. The third-order valence-electron chi connectivity index (χ3n) is 5.58. The molecule has 0 bridgehead atoms. The lowest BCUT2D eigenvalue weighted by atomic mass is 10.0. The van der Waals surface area contributed by atoms with E-state index in [4.69, 9.17) is 4.74 Å². The van der Waals surface area contributed by atoms with Crippen molar-refractivity contribution in [1.82, 2.24) is 5.32 Å². The molecule has 0 aliphatic heterocycles. The van der Waals surface area contributed by atoms with Crippen LogP contribution in [-0.2, 0) is 11.3 Å². The number of rotatable bonds is 8. The Morgan fingerprint density at radius 3 is 2.38 bits per heavy atom. The van der Waals surface area contributed by atoms with Crippen LogP contribution in [0.15, 0.2) is 91.0 Å². The van der Waals surface area contributed by atoms with Crippen LogP contribution in [0.2, 0.25) is 0 Å². The molecule has 1 unspecified atom stereocenters. The fraction of sp³-hybridized carbons (Fsp3) is 0.179. The molecule has 1 atom stereocenters. The lowest BCUT2D eigenvalue weighted by molar-refractivity contribution is -0.118. The van der Waals surface area contributed by atoms with Crippen molar-refractivity contribution in [2.24, 2.45) is 0 Å². The molecule has 0 heterocycles. The second-order valence-corrected chi connectivity index (χ2v) is 7.98. The number of amides is 1. The Balaban J connectivity index is 1.49. The number of nitrogens with one attached hydrogen (secondary N) is 2. The molecule has 4 aromatic carbocycles. The van der Waals surface area contributed by atoms with Crippen molar-refractivity contribution in [3.63, 3.8) is 0 Å². The van der Waals surface area contributed by atoms with Crippen LogP contribution in [-0.4, -0.2) is 12.5 Å². The summed E-state index contributed by atoms with van der Waals surface area (Å²) in [7, 11) is 0. The Bertz CT molecular complexity index is 1190. The molecule has 4 nitrogen and oxygen atoms in total. The van der Waals surface area contributed by atoms with Gasteiger partial charge in [-0.15, -0.1) is 0 Å². The van der Waals surface area contributed by atoms with Gasteiger partial charge in [-0.2, -0.15) is 0 Å². The van der Waals surface area contributed by atoms with Crippen molar-refractivity contribution in [3.8, 4) is 5.75 Å². The number of carbonyl (C=O) groups is 1. The summed E-state index contributed by atoms with van der Waals surface area (Å²) in [5, 5.41) is 8.76. The van der Waals surface area contributed by atoms with Gasteiger partial charge in [0.25, 0.3) is 5.91 Å². The van der Waals surface area contributed by atoms with Gasteiger partial charge in [0.2, 0.25) is 0 Å². The smallest absolute Gasteiger partial charge is 0.262 e. The predicted octanol–water partition coefficient (Wildman–Crippen LogP) is 6.02. The molecule has 0 aliphatic carbocycles. The zero-order valence-electron chi connectivity index (χ0n) is 18.5. The Morgan fingerprint density at radius 2 is 1.59 bits per heavy atom. The van der Waals surface area contributed by atoms with Crippen molar-refractivity contribution < 1.29 is 9.53 Å². The minimum atomic E-state index is -0.182. The number of hydrogen-bond acceptors (Lipinski definition) is 3. The highest BCUT2D eigenvalue weighted by molar-refractivity contribution is 5.92. The first kappa shape index (κ1) is 21.6. The molecule has 0 saturated carbocycles. The van der Waals surface area contributed by atoms with E-state index in [1.165, 1.54) is 5.56 Å².